The first kappa shape index (κ1) is 15.1. The molecule has 0 aliphatic carbocycles. The molecule has 112 valence electrons. The summed E-state index contributed by atoms with van der Waals surface area (Å²) in [5.41, 5.74) is 4.59. The van der Waals surface area contributed by atoms with Gasteiger partial charge in [0.15, 0.2) is 6.23 Å². The Morgan fingerprint density at radius 2 is 2.20 bits per heavy atom. The number of nitrogens with zero attached hydrogens (tertiary/aromatic N) is 2. The molecule has 0 radical (unpaired) electrons. The molecule has 11 heteroatoms. The van der Waals surface area contributed by atoms with E-state index in [0.717, 1.165) is 4.57 Å². The molecular formula is C9H14N3O7P. The van der Waals surface area contributed by atoms with Crippen molar-refractivity contribution in [3.8, 4) is 0 Å². The van der Waals surface area contributed by atoms with Crippen LogP contribution in [0.3, 0.4) is 0 Å². The maximum Gasteiger partial charge on any atom is 0.470 e. The van der Waals surface area contributed by atoms with Crippen LogP contribution in [0.4, 0.5) is 5.82 Å². The van der Waals surface area contributed by atoms with Crippen LogP contribution in [0.15, 0.2) is 17.1 Å². The number of phosphoric acid groups is 1. The molecule has 0 unspecified atom stereocenters. The standard InChI is InChI=1S/C9H14N3O7P/c1-4-7(19-20(15,16)17)6(13)8(18-4)12-3-2-5(10)11-9(12)14/h2-4,6-8,13H,1H3,(H2,10,11,14)(H2,15,16,17)/t4-,6-,7-,8-/m1/s1. The fourth-order valence-electron chi connectivity index (χ4n) is 1.97. The van der Waals surface area contributed by atoms with Crippen molar-refractivity contribution in [1.29, 1.82) is 0 Å². The molecule has 0 saturated carbocycles. The molecule has 20 heavy (non-hydrogen) atoms. The Labute approximate surface area is 113 Å². The summed E-state index contributed by atoms with van der Waals surface area (Å²) in [6.45, 7) is 1.46. The van der Waals surface area contributed by atoms with Gasteiger partial charge in [-0.1, -0.05) is 0 Å². The molecule has 2 rings (SSSR count). The summed E-state index contributed by atoms with van der Waals surface area (Å²) in [6, 6.07) is 1.33. The number of aliphatic hydroxyl groups excluding tert-OH is 1. The normalized spacial score (nSPS) is 30.6. The lowest BCUT2D eigenvalue weighted by Gasteiger charge is -2.19. The lowest BCUT2D eigenvalue weighted by Crippen LogP contribution is -2.36. The zero-order chi connectivity index (χ0) is 15.1. The van der Waals surface area contributed by atoms with Crippen LogP contribution in [-0.2, 0) is 13.8 Å². The van der Waals surface area contributed by atoms with Crippen LogP contribution in [-0.4, -0.2) is 42.8 Å². The Hall–Kier alpha value is -1.29. The van der Waals surface area contributed by atoms with Gasteiger partial charge in [0.1, 0.15) is 18.0 Å². The number of phosphoric ester groups is 1. The number of ether oxygens (including phenoxy) is 1. The van der Waals surface area contributed by atoms with Gasteiger partial charge in [0, 0.05) is 6.20 Å². The zero-order valence-electron chi connectivity index (χ0n) is 10.4. The first-order valence-electron chi connectivity index (χ1n) is 5.61. The highest BCUT2D eigenvalue weighted by Crippen LogP contribution is 2.43. The minimum atomic E-state index is -4.79. The van der Waals surface area contributed by atoms with Crippen LogP contribution >= 0.6 is 7.82 Å². The summed E-state index contributed by atoms with van der Waals surface area (Å²) < 4.78 is 21.6. The topological polar surface area (TPSA) is 157 Å². The van der Waals surface area contributed by atoms with Crippen LogP contribution < -0.4 is 11.4 Å². The van der Waals surface area contributed by atoms with Crippen molar-refractivity contribution in [2.45, 2.75) is 31.5 Å². The number of aromatic nitrogens is 2. The number of rotatable bonds is 3. The highest BCUT2D eigenvalue weighted by molar-refractivity contribution is 7.46. The van der Waals surface area contributed by atoms with E-state index in [1.165, 1.54) is 19.2 Å². The van der Waals surface area contributed by atoms with Gasteiger partial charge in [-0.15, -0.1) is 0 Å². The van der Waals surface area contributed by atoms with Crippen molar-refractivity contribution in [1.82, 2.24) is 9.55 Å². The van der Waals surface area contributed by atoms with E-state index in [1.54, 1.807) is 0 Å². The third-order valence-corrected chi connectivity index (χ3v) is 3.35. The van der Waals surface area contributed by atoms with Crippen LogP contribution in [0.1, 0.15) is 13.2 Å². The molecule has 0 amide bonds. The maximum absolute atomic E-state index is 11.7. The van der Waals surface area contributed by atoms with Gasteiger partial charge < -0.3 is 25.4 Å². The lowest BCUT2D eigenvalue weighted by atomic mass is 10.1. The van der Waals surface area contributed by atoms with Gasteiger partial charge in [-0.05, 0) is 13.0 Å². The third-order valence-electron chi connectivity index (χ3n) is 2.83. The molecule has 2 heterocycles. The van der Waals surface area contributed by atoms with Crippen LogP contribution in [0, 0.1) is 0 Å². The molecule has 1 saturated heterocycles. The molecular weight excluding hydrogens is 293 g/mol. The number of nitrogen functional groups attached to an aromatic ring is 1. The highest BCUT2D eigenvalue weighted by atomic mass is 31.2. The molecule has 0 bridgehead atoms. The summed E-state index contributed by atoms with van der Waals surface area (Å²) >= 11 is 0. The lowest BCUT2D eigenvalue weighted by molar-refractivity contribution is -0.0349. The van der Waals surface area contributed by atoms with E-state index in [4.69, 9.17) is 20.3 Å². The second-order valence-electron chi connectivity index (χ2n) is 4.33. The predicted octanol–water partition coefficient (Wildman–Crippen LogP) is -1.42. The van der Waals surface area contributed by atoms with Crippen molar-refractivity contribution < 1.29 is 28.7 Å². The predicted molar refractivity (Wildman–Crippen MR) is 65.4 cm³/mol. The van der Waals surface area contributed by atoms with Gasteiger partial charge in [-0.25, -0.2) is 9.36 Å². The van der Waals surface area contributed by atoms with Gasteiger partial charge in [-0.2, -0.15) is 4.98 Å². The first-order valence-corrected chi connectivity index (χ1v) is 7.14. The monoisotopic (exact) mass is 307 g/mol. The summed E-state index contributed by atoms with van der Waals surface area (Å²) in [5, 5.41) is 10.0. The number of anilines is 1. The van der Waals surface area contributed by atoms with Crippen molar-refractivity contribution in [3.63, 3.8) is 0 Å². The first-order chi connectivity index (χ1) is 9.19. The SMILES string of the molecule is C[C@H]1O[C@@H](n2ccc(N)nc2=O)[C@H](O)[C@@H]1OP(=O)(O)O. The van der Waals surface area contributed by atoms with E-state index in [0.29, 0.717) is 0 Å². The van der Waals surface area contributed by atoms with Crippen molar-refractivity contribution in [2.24, 2.45) is 0 Å². The summed E-state index contributed by atoms with van der Waals surface area (Å²) in [6.07, 6.45) is -3.44. The average molecular weight is 307 g/mol. The molecule has 0 aromatic carbocycles. The minimum absolute atomic E-state index is 0.00908. The van der Waals surface area contributed by atoms with Gasteiger partial charge in [0.25, 0.3) is 0 Å². The molecule has 1 aromatic rings. The summed E-state index contributed by atoms with van der Waals surface area (Å²) in [5.74, 6) is 0.00908. The number of hydrogen-bond acceptors (Lipinski definition) is 7. The van der Waals surface area contributed by atoms with E-state index in [1.807, 2.05) is 0 Å². The van der Waals surface area contributed by atoms with Gasteiger partial charge in [-0.3, -0.25) is 9.09 Å². The van der Waals surface area contributed by atoms with Crippen molar-refractivity contribution in [3.05, 3.63) is 22.7 Å². The van der Waals surface area contributed by atoms with E-state index in [2.05, 4.69) is 9.51 Å². The molecule has 5 N–H and O–H groups in total. The summed E-state index contributed by atoms with van der Waals surface area (Å²) in [4.78, 5) is 32.7. The fourth-order valence-corrected chi connectivity index (χ4v) is 2.59. The highest BCUT2D eigenvalue weighted by Gasteiger charge is 2.46. The second kappa shape index (κ2) is 5.24. The van der Waals surface area contributed by atoms with E-state index in [-0.39, 0.29) is 5.82 Å². The molecule has 4 atom stereocenters. The van der Waals surface area contributed by atoms with Gasteiger partial charge >= 0.3 is 13.5 Å². The van der Waals surface area contributed by atoms with Crippen LogP contribution in [0.2, 0.25) is 0 Å². The zero-order valence-corrected chi connectivity index (χ0v) is 11.3. The Balaban J connectivity index is 2.27. The summed E-state index contributed by atoms with van der Waals surface area (Å²) in [7, 11) is -4.79. The number of nitrogens with two attached hydrogens (primary N) is 1. The van der Waals surface area contributed by atoms with Crippen molar-refractivity contribution >= 4 is 13.6 Å². The Kier molecular flexibility index (Phi) is 3.96. The van der Waals surface area contributed by atoms with E-state index < -0.39 is 38.1 Å². The van der Waals surface area contributed by atoms with Gasteiger partial charge in [0.05, 0.1) is 6.10 Å². The quantitative estimate of drug-likeness (QED) is 0.492. The molecule has 1 aliphatic heterocycles. The molecule has 1 fully saturated rings. The van der Waals surface area contributed by atoms with Crippen LogP contribution in [0.5, 0.6) is 0 Å². The second-order valence-corrected chi connectivity index (χ2v) is 5.52. The molecule has 10 nitrogen and oxygen atoms in total. The minimum Gasteiger partial charge on any atom is -0.386 e. The van der Waals surface area contributed by atoms with E-state index >= 15 is 0 Å². The number of hydrogen-bond donors (Lipinski definition) is 4. The average Bonchev–Trinajstić information content (AvgIpc) is 2.55. The third kappa shape index (κ3) is 3.06. The molecule has 0 spiro atoms. The van der Waals surface area contributed by atoms with Crippen molar-refractivity contribution in [2.75, 3.05) is 5.73 Å². The van der Waals surface area contributed by atoms with E-state index in [9.17, 15) is 14.5 Å². The van der Waals surface area contributed by atoms with Gasteiger partial charge in [0.2, 0.25) is 0 Å². The molecule has 1 aliphatic rings. The largest absolute Gasteiger partial charge is 0.470 e. The Morgan fingerprint density at radius 3 is 2.75 bits per heavy atom. The Morgan fingerprint density at radius 1 is 1.55 bits per heavy atom. The number of aliphatic hydroxyl groups is 1. The van der Waals surface area contributed by atoms with Crippen LogP contribution in [0.25, 0.3) is 0 Å². The molecule has 1 aromatic heterocycles. The Bertz CT molecular complexity index is 599. The maximum atomic E-state index is 11.7. The smallest absolute Gasteiger partial charge is 0.386 e. The fraction of sp³-hybridized carbons (Fsp3) is 0.556.